The topological polar surface area (TPSA) is 117 Å². The smallest absolute Gasteiger partial charge is 0.254 e. The number of amides is 3. The number of carbonyl (C=O) groups is 3. The second-order valence-electron chi connectivity index (χ2n) is 15.9. The number of aromatic amines is 2. The van der Waals surface area contributed by atoms with Gasteiger partial charge in [-0.15, -0.1) is 0 Å². The zero-order valence-electron chi connectivity index (χ0n) is 29.6. The lowest BCUT2D eigenvalue weighted by molar-refractivity contribution is -0.134. The second-order valence-corrected chi connectivity index (χ2v) is 15.9. The summed E-state index contributed by atoms with van der Waals surface area (Å²) in [5, 5.41) is 11.6. The molecule has 3 saturated heterocycles. The highest BCUT2D eigenvalue weighted by atomic mass is 16.2. The Kier molecular flexibility index (Phi) is 8.53. The van der Waals surface area contributed by atoms with E-state index in [1.165, 1.54) is 16.9 Å². The minimum Gasteiger partial charge on any atom is -0.372 e. The molecule has 3 aliphatic heterocycles. The maximum atomic E-state index is 13.6. The fourth-order valence-electron chi connectivity index (χ4n) is 8.75. The average Bonchev–Trinajstić information content (AvgIpc) is 3.72. The molecular formula is C40H49N7O3. The molecule has 4 aromatic rings. The minimum atomic E-state index is -0.245. The lowest BCUT2D eigenvalue weighted by atomic mass is 9.76. The Hall–Kier alpha value is -4.44. The summed E-state index contributed by atoms with van der Waals surface area (Å²) in [4.78, 5) is 48.2. The van der Waals surface area contributed by atoms with E-state index in [9.17, 15) is 14.4 Å². The summed E-state index contributed by atoms with van der Waals surface area (Å²) >= 11 is 0. The van der Waals surface area contributed by atoms with Crippen molar-refractivity contribution >= 4 is 34.3 Å². The molecule has 10 heteroatoms. The normalized spacial score (nSPS) is 21.8. The van der Waals surface area contributed by atoms with Crippen LogP contribution in [0.5, 0.6) is 0 Å². The van der Waals surface area contributed by atoms with Gasteiger partial charge in [-0.05, 0) is 98.2 Å². The Morgan fingerprint density at radius 1 is 0.940 bits per heavy atom. The summed E-state index contributed by atoms with van der Waals surface area (Å²) in [5.74, 6) is 0.156. The van der Waals surface area contributed by atoms with Gasteiger partial charge < -0.3 is 14.8 Å². The average molecular weight is 676 g/mol. The molecule has 3 N–H and O–H groups in total. The van der Waals surface area contributed by atoms with Gasteiger partial charge >= 0.3 is 0 Å². The van der Waals surface area contributed by atoms with E-state index in [-0.39, 0.29) is 23.6 Å². The maximum absolute atomic E-state index is 13.6. The molecule has 3 amide bonds. The number of nitrogens with zero attached hydrogens (tertiary/aromatic N) is 4. The molecule has 0 saturated carbocycles. The number of aromatic nitrogens is 3. The van der Waals surface area contributed by atoms with E-state index in [0.717, 1.165) is 117 Å². The highest BCUT2D eigenvalue weighted by Gasteiger charge is 2.31. The Morgan fingerprint density at radius 2 is 1.74 bits per heavy atom. The van der Waals surface area contributed by atoms with E-state index in [4.69, 9.17) is 5.10 Å². The SMILES string of the molecule is Cc1cc(N2CCC(CN3CCN(C(=O)c4ccc5cc(-c6n[nH]c7c6CCC(C)(C)C7)[nH]c5c4)CC3)CC2)ccc1C1CCC(=O)NC1=O. The number of piperazine rings is 1. The quantitative estimate of drug-likeness (QED) is 0.230. The third-order valence-electron chi connectivity index (χ3n) is 11.8. The lowest BCUT2D eigenvalue weighted by Crippen LogP contribution is -2.50. The summed E-state index contributed by atoms with van der Waals surface area (Å²) in [6.07, 6.45) is 6.47. The number of aryl methyl sites for hydroxylation is 1. The van der Waals surface area contributed by atoms with Crippen molar-refractivity contribution in [2.24, 2.45) is 11.3 Å². The number of rotatable bonds is 6. The number of imide groups is 1. The van der Waals surface area contributed by atoms with Crippen LogP contribution in [0.4, 0.5) is 5.69 Å². The predicted molar refractivity (Wildman–Crippen MR) is 195 cm³/mol. The van der Waals surface area contributed by atoms with E-state index < -0.39 is 0 Å². The van der Waals surface area contributed by atoms with Crippen LogP contribution in [0, 0.1) is 18.3 Å². The Bertz CT molecular complexity index is 1940. The third-order valence-corrected chi connectivity index (χ3v) is 11.8. The van der Waals surface area contributed by atoms with Crippen molar-refractivity contribution in [1.29, 1.82) is 0 Å². The van der Waals surface area contributed by atoms with Gasteiger partial charge in [-0.1, -0.05) is 26.0 Å². The van der Waals surface area contributed by atoms with Gasteiger partial charge in [0.15, 0.2) is 0 Å². The molecule has 10 nitrogen and oxygen atoms in total. The van der Waals surface area contributed by atoms with E-state index in [2.05, 4.69) is 76.3 Å². The van der Waals surface area contributed by atoms with Crippen molar-refractivity contribution in [1.82, 2.24) is 30.3 Å². The van der Waals surface area contributed by atoms with E-state index >= 15 is 0 Å². The van der Waals surface area contributed by atoms with Gasteiger partial charge in [-0.25, -0.2) is 0 Å². The van der Waals surface area contributed by atoms with Crippen LogP contribution in [0.3, 0.4) is 0 Å². The van der Waals surface area contributed by atoms with Crippen LogP contribution >= 0.6 is 0 Å². The van der Waals surface area contributed by atoms with Crippen LogP contribution in [0.15, 0.2) is 42.5 Å². The molecule has 8 rings (SSSR count). The summed E-state index contributed by atoms with van der Waals surface area (Å²) in [7, 11) is 0. The molecule has 0 radical (unpaired) electrons. The molecule has 3 fully saturated rings. The van der Waals surface area contributed by atoms with Crippen molar-refractivity contribution in [2.45, 2.75) is 71.6 Å². The molecule has 5 heterocycles. The van der Waals surface area contributed by atoms with Crippen molar-refractivity contribution in [2.75, 3.05) is 50.7 Å². The Labute approximate surface area is 294 Å². The molecule has 50 heavy (non-hydrogen) atoms. The van der Waals surface area contributed by atoms with Gasteiger partial charge in [0.05, 0.1) is 11.6 Å². The molecular weight excluding hydrogens is 626 g/mol. The number of anilines is 1. The number of H-pyrrole nitrogens is 2. The molecule has 2 aromatic heterocycles. The van der Waals surface area contributed by atoms with Gasteiger partial charge in [0, 0.05) is 85.6 Å². The summed E-state index contributed by atoms with van der Waals surface area (Å²) < 4.78 is 0. The first kappa shape index (κ1) is 32.7. The summed E-state index contributed by atoms with van der Waals surface area (Å²) in [6.45, 7) is 13.1. The number of fused-ring (bicyclic) bond motifs is 2. The molecule has 0 bridgehead atoms. The van der Waals surface area contributed by atoms with Crippen molar-refractivity contribution < 1.29 is 14.4 Å². The van der Waals surface area contributed by atoms with Gasteiger partial charge in [0.2, 0.25) is 11.8 Å². The number of benzene rings is 2. The first-order chi connectivity index (χ1) is 24.1. The number of hydrogen-bond donors (Lipinski definition) is 3. The lowest BCUT2D eigenvalue weighted by Gasteiger charge is -2.39. The van der Waals surface area contributed by atoms with Crippen LogP contribution < -0.4 is 10.2 Å². The van der Waals surface area contributed by atoms with Crippen molar-refractivity contribution in [3.8, 4) is 11.4 Å². The summed E-state index contributed by atoms with van der Waals surface area (Å²) in [5.41, 5.74) is 9.96. The van der Waals surface area contributed by atoms with Gasteiger partial charge in [-0.2, -0.15) is 5.10 Å². The van der Waals surface area contributed by atoms with E-state index in [1.54, 1.807) is 0 Å². The maximum Gasteiger partial charge on any atom is 0.254 e. The largest absolute Gasteiger partial charge is 0.372 e. The molecule has 2 aromatic carbocycles. The van der Waals surface area contributed by atoms with Gasteiger partial charge in [0.25, 0.3) is 5.91 Å². The minimum absolute atomic E-state index is 0.106. The van der Waals surface area contributed by atoms with Crippen LogP contribution in [-0.2, 0) is 22.4 Å². The van der Waals surface area contributed by atoms with Crippen LogP contribution in [0.25, 0.3) is 22.3 Å². The number of piperidine rings is 2. The van der Waals surface area contributed by atoms with Crippen molar-refractivity contribution in [3.05, 3.63) is 70.4 Å². The Morgan fingerprint density at radius 3 is 2.50 bits per heavy atom. The fraction of sp³-hybridized carbons (Fsp3) is 0.500. The van der Waals surface area contributed by atoms with Gasteiger partial charge in [0.1, 0.15) is 5.69 Å². The second kappa shape index (κ2) is 13.0. The first-order valence-electron chi connectivity index (χ1n) is 18.5. The molecule has 1 unspecified atom stereocenters. The Balaban J connectivity index is 0.827. The monoisotopic (exact) mass is 675 g/mol. The first-order valence-corrected chi connectivity index (χ1v) is 18.5. The molecule has 1 atom stereocenters. The number of nitrogens with one attached hydrogen (secondary N) is 3. The van der Waals surface area contributed by atoms with Gasteiger partial charge in [-0.3, -0.25) is 29.7 Å². The molecule has 0 spiro atoms. The predicted octanol–water partition coefficient (Wildman–Crippen LogP) is 5.58. The zero-order chi connectivity index (χ0) is 34.6. The number of carbonyl (C=O) groups excluding carboxylic acids is 3. The highest BCUT2D eigenvalue weighted by molar-refractivity contribution is 6.01. The van der Waals surface area contributed by atoms with E-state index in [1.807, 2.05) is 17.0 Å². The summed E-state index contributed by atoms with van der Waals surface area (Å²) in [6, 6.07) is 14.6. The van der Waals surface area contributed by atoms with Crippen LogP contribution in [-0.4, -0.2) is 88.5 Å². The third kappa shape index (κ3) is 6.45. The highest BCUT2D eigenvalue weighted by Crippen LogP contribution is 2.38. The van der Waals surface area contributed by atoms with E-state index in [0.29, 0.717) is 24.2 Å². The molecule has 4 aliphatic rings. The molecule has 1 aliphatic carbocycles. The number of hydrogen-bond acceptors (Lipinski definition) is 6. The van der Waals surface area contributed by atoms with Crippen LogP contribution in [0.2, 0.25) is 0 Å². The van der Waals surface area contributed by atoms with Crippen LogP contribution in [0.1, 0.15) is 84.6 Å². The van der Waals surface area contributed by atoms with Crippen molar-refractivity contribution in [3.63, 3.8) is 0 Å². The fourth-order valence-corrected chi connectivity index (χ4v) is 8.75. The molecule has 262 valence electrons. The standard InChI is InChI=1S/C40H49N7O3/c1-25-20-29(6-7-30(25)31-8-9-36(48)42-38(31)49)46-14-11-26(12-15-46)24-45-16-18-47(19-17-45)39(50)28-5-4-27-21-34(41-33(27)22-28)37-32-10-13-40(2,3)23-35(32)43-44-37/h4-7,20-22,26,31,41H,8-19,23-24H2,1-3H3,(H,43,44)(H,42,48,49). The zero-order valence-corrected chi connectivity index (χ0v) is 29.6.